The molecule has 0 saturated carbocycles. The van der Waals surface area contributed by atoms with E-state index in [4.69, 9.17) is 9.47 Å². The predicted octanol–water partition coefficient (Wildman–Crippen LogP) is 2.61. The van der Waals surface area contributed by atoms with E-state index in [1.165, 1.54) is 0 Å². The van der Waals surface area contributed by atoms with Crippen molar-refractivity contribution in [3.63, 3.8) is 0 Å². The SMILES string of the molecule is CN(Cc1ccc2c(c1)OCCO2)C(=O)c1cccc(CS(C)=O)c1. The molecule has 1 heterocycles. The van der Waals surface area contributed by atoms with Gasteiger partial charge >= 0.3 is 0 Å². The Morgan fingerprint density at radius 1 is 1.08 bits per heavy atom. The number of carbonyl (C=O) groups is 1. The lowest BCUT2D eigenvalue weighted by atomic mass is 10.1. The zero-order valence-corrected chi connectivity index (χ0v) is 15.2. The van der Waals surface area contributed by atoms with Gasteiger partial charge in [0.25, 0.3) is 5.91 Å². The maximum atomic E-state index is 12.7. The van der Waals surface area contributed by atoms with Crippen molar-refractivity contribution in [3.05, 3.63) is 59.2 Å². The summed E-state index contributed by atoms with van der Waals surface area (Å²) in [6.07, 6.45) is 1.66. The summed E-state index contributed by atoms with van der Waals surface area (Å²) in [4.78, 5) is 14.3. The van der Waals surface area contributed by atoms with E-state index in [1.807, 2.05) is 36.4 Å². The van der Waals surface area contributed by atoms with Crippen LogP contribution in [0.4, 0.5) is 0 Å². The van der Waals surface area contributed by atoms with Crippen LogP contribution in [0.1, 0.15) is 21.5 Å². The van der Waals surface area contributed by atoms with Gasteiger partial charge in [0.15, 0.2) is 11.5 Å². The quantitative estimate of drug-likeness (QED) is 0.823. The second-order valence-corrected chi connectivity index (χ2v) is 7.49. The standard InChI is InChI=1S/C19H21NO4S/c1-20(12-14-6-7-17-18(11-14)24-9-8-23-17)19(21)16-5-3-4-15(10-16)13-25(2)22/h3-7,10-11H,8-9,12-13H2,1-2H3. The molecule has 0 fully saturated rings. The summed E-state index contributed by atoms with van der Waals surface area (Å²) >= 11 is 0. The maximum Gasteiger partial charge on any atom is 0.253 e. The van der Waals surface area contributed by atoms with E-state index in [-0.39, 0.29) is 5.91 Å². The molecule has 25 heavy (non-hydrogen) atoms. The van der Waals surface area contributed by atoms with Gasteiger partial charge in [-0.05, 0) is 35.4 Å². The number of amides is 1. The van der Waals surface area contributed by atoms with Gasteiger partial charge in [0.1, 0.15) is 13.2 Å². The Balaban J connectivity index is 1.71. The van der Waals surface area contributed by atoms with E-state index < -0.39 is 10.8 Å². The molecule has 1 aliphatic rings. The molecule has 1 amide bonds. The summed E-state index contributed by atoms with van der Waals surface area (Å²) in [5.41, 5.74) is 2.48. The first-order chi connectivity index (χ1) is 12.0. The van der Waals surface area contributed by atoms with Crippen LogP contribution in [0, 0.1) is 0 Å². The predicted molar refractivity (Wildman–Crippen MR) is 97.4 cm³/mol. The highest BCUT2D eigenvalue weighted by molar-refractivity contribution is 7.83. The summed E-state index contributed by atoms with van der Waals surface area (Å²) in [6.45, 7) is 1.57. The minimum Gasteiger partial charge on any atom is -0.486 e. The molecule has 0 radical (unpaired) electrons. The number of ether oxygens (including phenoxy) is 2. The number of nitrogens with zero attached hydrogens (tertiary/aromatic N) is 1. The summed E-state index contributed by atoms with van der Waals surface area (Å²) in [7, 11) is 0.835. The van der Waals surface area contributed by atoms with Crippen molar-refractivity contribution in [1.82, 2.24) is 4.90 Å². The van der Waals surface area contributed by atoms with Crippen LogP contribution in [0.5, 0.6) is 11.5 Å². The van der Waals surface area contributed by atoms with Crippen LogP contribution < -0.4 is 9.47 Å². The molecule has 1 aliphatic heterocycles. The van der Waals surface area contributed by atoms with Crippen molar-refractivity contribution < 1.29 is 18.5 Å². The monoisotopic (exact) mass is 359 g/mol. The third-order valence-electron chi connectivity index (χ3n) is 3.92. The topological polar surface area (TPSA) is 55.8 Å². The molecule has 0 bridgehead atoms. The maximum absolute atomic E-state index is 12.7. The molecule has 0 saturated heterocycles. The molecule has 1 unspecified atom stereocenters. The van der Waals surface area contributed by atoms with E-state index in [9.17, 15) is 9.00 Å². The molecule has 0 aromatic heterocycles. The van der Waals surface area contributed by atoms with Gasteiger partial charge < -0.3 is 14.4 Å². The highest BCUT2D eigenvalue weighted by atomic mass is 32.2. The fraction of sp³-hybridized carbons (Fsp3) is 0.316. The minimum absolute atomic E-state index is 0.0707. The molecule has 1 atom stereocenters. The first-order valence-corrected chi connectivity index (χ1v) is 9.78. The van der Waals surface area contributed by atoms with Gasteiger partial charge in [0.05, 0.1) is 0 Å². The molecular weight excluding hydrogens is 338 g/mol. The molecular formula is C19H21NO4S. The first kappa shape index (κ1) is 17.5. The molecule has 132 valence electrons. The molecule has 2 aromatic rings. The Kier molecular flexibility index (Phi) is 5.38. The molecule has 6 heteroatoms. The second kappa shape index (κ2) is 7.70. The van der Waals surface area contributed by atoms with Crippen LogP contribution >= 0.6 is 0 Å². The van der Waals surface area contributed by atoms with E-state index in [0.29, 0.717) is 31.1 Å². The Labute approximate surface area is 150 Å². The lowest BCUT2D eigenvalue weighted by molar-refractivity contribution is 0.0784. The highest BCUT2D eigenvalue weighted by Crippen LogP contribution is 2.31. The van der Waals surface area contributed by atoms with E-state index in [2.05, 4.69) is 0 Å². The highest BCUT2D eigenvalue weighted by Gasteiger charge is 2.16. The number of hydrogen-bond acceptors (Lipinski definition) is 4. The molecule has 5 nitrogen and oxygen atoms in total. The Bertz CT molecular complexity index is 806. The number of hydrogen-bond donors (Lipinski definition) is 0. The van der Waals surface area contributed by atoms with Gasteiger partial charge in [-0.3, -0.25) is 9.00 Å². The third kappa shape index (κ3) is 4.39. The Hall–Kier alpha value is -2.34. The van der Waals surface area contributed by atoms with Crippen molar-refractivity contribution in [2.75, 3.05) is 26.5 Å². The van der Waals surface area contributed by atoms with Gasteiger partial charge in [-0.2, -0.15) is 0 Å². The summed E-state index contributed by atoms with van der Waals surface area (Å²) in [6, 6.07) is 13.0. The van der Waals surface area contributed by atoms with Gasteiger partial charge in [0.2, 0.25) is 0 Å². The van der Waals surface area contributed by atoms with Gasteiger partial charge in [0, 0.05) is 42.0 Å². The summed E-state index contributed by atoms with van der Waals surface area (Å²) in [5.74, 6) is 1.84. The smallest absolute Gasteiger partial charge is 0.253 e. The lowest BCUT2D eigenvalue weighted by Gasteiger charge is -2.21. The van der Waals surface area contributed by atoms with Gasteiger partial charge in [-0.25, -0.2) is 0 Å². The average molecular weight is 359 g/mol. The van der Waals surface area contributed by atoms with Crippen LogP contribution in [0.15, 0.2) is 42.5 Å². The van der Waals surface area contributed by atoms with Crippen molar-refractivity contribution in [1.29, 1.82) is 0 Å². The zero-order chi connectivity index (χ0) is 17.8. The van der Waals surface area contributed by atoms with Crippen LogP contribution in [0.2, 0.25) is 0 Å². The van der Waals surface area contributed by atoms with Crippen LogP contribution in [0.25, 0.3) is 0 Å². The third-order valence-corrected chi connectivity index (χ3v) is 4.66. The van der Waals surface area contributed by atoms with Crippen molar-refractivity contribution in [2.45, 2.75) is 12.3 Å². The van der Waals surface area contributed by atoms with E-state index in [1.54, 1.807) is 24.3 Å². The van der Waals surface area contributed by atoms with Crippen LogP contribution in [-0.2, 0) is 23.1 Å². The van der Waals surface area contributed by atoms with Crippen molar-refractivity contribution >= 4 is 16.7 Å². The van der Waals surface area contributed by atoms with Crippen molar-refractivity contribution in [3.8, 4) is 11.5 Å². The zero-order valence-electron chi connectivity index (χ0n) is 14.4. The molecule has 0 aliphatic carbocycles. The molecule has 0 spiro atoms. The van der Waals surface area contributed by atoms with Crippen LogP contribution in [0.3, 0.4) is 0 Å². The summed E-state index contributed by atoms with van der Waals surface area (Å²) in [5, 5.41) is 0. The van der Waals surface area contributed by atoms with Crippen molar-refractivity contribution in [2.24, 2.45) is 0 Å². The second-order valence-electron chi connectivity index (χ2n) is 6.06. The number of fused-ring (bicyclic) bond motifs is 1. The largest absolute Gasteiger partial charge is 0.486 e. The minimum atomic E-state index is -0.932. The van der Waals surface area contributed by atoms with E-state index >= 15 is 0 Å². The normalized spacial score (nSPS) is 14.0. The Morgan fingerprint density at radius 3 is 2.60 bits per heavy atom. The number of rotatable bonds is 5. The fourth-order valence-electron chi connectivity index (χ4n) is 2.78. The molecule has 2 aromatic carbocycles. The molecule has 0 N–H and O–H groups in total. The first-order valence-electron chi connectivity index (χ1n) is 8.06. The van der Waals surface area contributed by atoms with Gasteiger partial charge in [-0.15, -0.1) is 0 Å². The van der Waals surface area contributed by atoms with Crippen LogP contribution in [-0.4, -0.2) is 41.5 Å². The average Bonchev–Trinajstić information content (AvgIpc) is 2.60. The molecule has 3 rings (SSSR count). The number of benzene rings is 2. The summed E-state index contributed by atoms with van der Waals surface area (Å²) < 4.78 is 22.5. The Morgan fingerprint density at radius 2 is 1.84 bits per heavy atom. The van der Waals surface area contributed by atoms with Gasteiger partial charge in [-0.1, -0.05) is 18.2 Å². The fourth-order valence-corrected chi connectivity index (χ4v) is 3.43. The number of carbonyl (C=O) groups excluding carboxylic acids is 1. The van der Waals surface area contributed by atoms with E-state index in [0.717, 1.165) is 22.6 Å². The lowest BCUT2D eigenvalue weighted by Crippen LogP contribution is -2.26.